The van der Waals surface area contributed by atoms with Crippen LogP contribution in [0.3, 0.4) is 0 Å². The molecule has 1 heterocycles. The second-order valence-corrected chi connectivity index (χ2v) is 14.9. The lowest BCUT2D eigenvalue weighted by Crippen LogP contribution is -2.16. The van der Waals surface area contributed by atoms with Gasteiger partial charge in [-0.1, -0.05) is 147 Å². The number of anilines is 3. The molecule has 1 aromatic heterocycles. The highest BCUT2D eigenvalue weighted by Crippen LogP contribution is 2.51. The molecule has 0 N–H and O–H groups in total. The van der Waals surface area contributed by atoms with Crippen LogP contribution in [-0.2, 0) is 5.41 Å². The molecular formula is C51H35NO. The van der Waals surface area contributed by atoms with Gasteiger partial charge in [0, 0.05) is 44.6 Å². The second kappa shape index (κ2) is 11.2. The van der Waals surface area contributed by atoms with Crippen LogP contribution in [0.4, 0.5) is 17.1 Å². The molecule has 0 amide bonds. The van der Waals surface area contributed by atoms with Crippen molar-refractivity contribution in [3.05, 3.63) is 187 Å². The molecule has 1 aliphatic rings. The van der Waals surface area contributed by atoms with Gasteiger partial charge in [0.1, 0.15) is 11.2 Å². The normalized spacial score (nSPS) is 13.2. The van der Waals surface area contributed by atoms with Gasteiger partial charge in [-0.2, -0.15) is 0 Å². The molecule has 53 heavy (non-hydrogen) atoms. The first-order valence-corrected chi connectivity index (χ1v) is 18.4. The molecule has 2 nitrogen and oxygen atoms in total. The van der Waals surface area contributed by atoms with E-state index >= 15 is 0 Å². The van der Waals surface area contributed by atoms with Gasteiger partial charge in [-0.15, -0.1) is 0 Å². The predicted octanol–water partition coefficient (Wildman–Crippen LogP) is 14.5. The molecule has 9 aromatic carbocycles. The minimum Gasteiger partial charge on any atom is -0.455 e. The minimum absolute atomic E-state index is 0.116. The number of rotatable bonds is 4. The molecule has 2 heteroatoms. The summed E-state index contributed by atoms with van der Waals surface area (Å²) in [6.07, 6.45) is 0. The summed E-state index contributed by atoms with van der Waals surface area (Å²) in [5.74, 6) is 0. The standard InChI is InChI=1S/C51H35NO/c1-51(2)45-23-10-9-21-40(45)41-27-25-35(30-46(41)51)52(47-24-12-17-33-14-4-7-19-38(33)47)36-26-28-42-44-29-34-15-5-8-20-39(34)49(50(44)53-48(42)31-36)43-22-11-16-32-13-3-6-18-37(32)43/h3-31H,1-2H3. The number of hydrogen-bond donors (Lipinski definition) is 0. The lowest BCUT2D eigenvalue weighted by Gasteiger charge is -2.29. The maximum absolute atomic E-state index is 7.07. The summed E-state index contributed by atoms with van der Waals surface area (Å²) < 4.78 is 7.07. The van der Waals surface area contributed by atoms with Crippen molar-refractivity contribution in [2.75, 3.05) is 4.90 Å². The van der Waals surface area contributed by atoms with Crippen LogP contribution in [0.25, 0.3) is 76.5 Å². The van der Waals surface area contributed by atoms with Crippen molar-refractivity contribution in [2.24, 2.45) is 0 Å². The molecule has 0 atom stereocenters. The third kappa shape index (κ3) is 4.39. The van der Waals surface area contributed by atoms with Gasteiger partial charge in [-0.3, -0.25) is 0 Å². The summed E-state index contributed by atoms with van der Waals surface area (Å²) in [6, 6.07) is 64.1. The fraction of sp³-hybridized carbons (Fsp3) is 0.0588. The van der Waals surface area contributed by atoms with Gasteiger partial charge in [0.05, 0.1) is 5.69 Å². The molecule has 0 bridgehead atoms. The Kier molecular flexibility index (Phi) is 6.33. The third-order valence-electron chi connectivity index (χ3n) is 11.6. The van der Waals surface area contributed by atoms with Gasteiger partial charge >= 0.3 is 0 Å². The molecule has 10 aromatic rings. The maximum Gasteiger partial charge on any atom is 0.143 e. The highest BCUT2D eigenvalue weighted by molar-refractivity contribution is 6.21. The average Bonchev–Trinajstić information content (AvgIpc) is 3.67. The summed E-state index contributed by atoms with van der Waals surface area (Å²) in [6.45, 7) is 4.70. The predicted molar refractivity (Wildman–Crippen MR) is 224 cm³/mol. The third-order valence-corrected chi connectivity index (χ3v) is 11.6. The summed E-state index contributed by atoms with van der Waals surface area (Å²) in [5, 5.41) is 9.48. The number of fused-ring (bicyclic) bond motifs is 9. The van der Waals surface area contributed by atoms with Crippen molar-refractivity contribution in [2.45, 2.75) is 19.3 Å². The largest absolute Gasteiger partial charge is 0.455 e. The molecule has 0 saturated heterocycles. The van der Waals surface area contributed by atoms with Crippen molar-refractivity contribution in [1.82, 2.24) is 0 Å². The van der Waals surface area contributed by atoms with Crippen molar-refractivity contribution >= 4 is 71.3 Å². The molecule has 0 radical (unpaired) electrons. The highest BCUT2D eigenvalue weighted by Gasteiger charge is 2.36. The van der Waals surface area contributed by atoms with Crippen LogP contribution in [0.1, 0.15) is 25.0 Å². The smallest absolute Gasteiger partial charge is 0.143 e. The van der Waals surface area contributed by atoms with Crippen LogP contribution in [0, 0.1) is 0 Å². The number of nitrogens with zero attached hydrogens (tertiary/aromatic N) is 1. The Morgan fingerprint density at radius 3 is 1.87 bits per heavy atom. The Morgan fingerprint density at radius 1 is 0.415 bits per heavy atom. The zero-order chi connectivity index (χ0) is 35.3. The van der Waals surface area contributed by atoms with Gasteiger partial charge in [-0.05, 0) is 91.1 Å². The van der Waals surface area contributed by atoms with Crippen LogP contribution in [0.15, 0.2) is 180 Å². The van der Waals surface area contributed by atoms with Crippen molar-refractivity contribution in [3.63, 3.8) is 0 Å². The second-order valence-electron chi connectivity index (χ2n) is 14.9. The first kappa shape index (κ1) is 30.0. The number of hydrogen-bond acceptors (Lipinski definition) is 2. The zero-order valence-corrected chi connectivity index (χ0v) is 29.6. The van der Waals surface area contributed by atoms with Crippen LogP contribution >= 0.6 is 0 Å². The van der Waals surface area contributed by atoms with Crippen molar-refractivity contribution in [3.8, 4) is 22.3 Å². The van der Waals surface area contributed by atoms with E-state index in [1.807, 2.05) is 0 Å². The van der Waals surface area contributed by atoms with Gasteiger partial charge in [0.2, 0.25) is 0 Å². The summed E-state index contributed by atoms with van der Waals surface area (Å²) >= 11 is 0. The Hall–Kier alpha value is -6.64. The molecule has 0 spiro atoms. The minimum atomic E-state index is -0.116. The maximum atomic E-state index is 7.07. The van der Waals surface area contributed by atoms with Gasteiger partial charge in [0.15, 0.2) is 0 Å². The zero-order valence-electron chi connectivity index (χ0n) is 29.6. The van der Waals surface area contributed by atoms with E-state index in [4.69, 9.17) is 4.42 Å². The Balaban J connectivity index is 1.17. The van der Waals surface area contributed by atoms with Crippen molar-refractivity contribution < 1.29 is 4.42 Å². The lowest BCUT2D eigenvalue weighted by molar-refractivity contribution is 0.660. The van der Waals surface area contributed by atoms with E-state index in [2.05, 4.69) is 195 Å². The van der Waals surface area contributed by atoms with E-state index in [0.717, 1.165) is 44.6 Å². The van der Waals surface area contributed by atoms with E-state index in [9.17, 15) is 0 Å². The molecular weight excluding hydrogens is 643 g/mol. The fourth-order valence-corrected chi connectivity index (χ4v) is 9.07. The molecule has 250 valence electrons. The Morgan fingerprint density at radius 2 is 1.02 bits per heavy atom. The average molecular weight is 678 g/mol. The topological polar surface area (TPSA) is 16.4 Å². The first-order valence-electron chi connectivity index (χ1n) is 18.4. The highest BCUT2D eigenvalue weighted by atomic mass is 16.3. The van der Waals surface area contributed by atoms with Crippen LogP contribution in [0.2, 0.25) is 0 Å². The van der Waals surface area contributed by atoms with Crippen LogP contribution in [-0.4, -0.2) is 0 Å². The Bertz CT molecular complexity index is 3100. The quantitative estimate of drug-likeness (QED) is 0.184. The SMILES string of the molecule is CC1(C)c2ccccc2-c2ccc(N(c3ccc4c(c3)oc3c(-c5cccc6ccccc56)c5ccccc5cc34)c3cccc4ccccc34)cc21. The molecule has 0 saturated carbocycles. The molecule has 11 rings (SSSR count). The molecule has 0 fully saturated rings. The summed E-state index contributed by atoms with van der Waals surface area (Å²) in [7, 11) is 0. The molecule has 1 aliphatic carbocycles. The van der Waals surface area contributed by atoms with Gasteiger partial charge in [-0.25, -0.2) is 0 Å². The van der Waals surface area contributed by atoms with Crippen molar-refractivity contribution in [1.29, 1.82) is 0 Å². The monoisotopic (exact) mass is 677 g/mol. The van der Waals surface area contributed by atoms with Crippen LogP contribution in [0.5, 0.6) is 0 Å². The molecule has 0 unspecified atom stereocenters. The van der Waals surface area contributed by atoms with E-state index in [1.165, 1.54) is 60.1 Å². The summed E-state index contributed by atoms with van der Waals surface area (Å²) in [4.78, 5) is 2.41. The molecule has 0 aliphatic heterocycles. The van der Waals surface area contributed by atoms with E-state index < -0.39 is 0 Å². The number of furan rings is 1. The van der Waals surface area contributed by atoms with E-state index in [1.54, 1.807) is 0 Å². The van der Waals surface area contributed by atoms with Gasteiger partial charge < -0.3 is 9.32 Å². The first-order chi connectivity index (χ1) is 26.0. The van der Waals surface area contributed by atoms with E-state index in [0.29, 0.717) is 0 Å². The number of benzene rings is 9. The van der Waals surface area contributed by atoms with Gasteiger partial charge in [0.25, 0.3) is 0 Å². The fourth-order valence-electron chi connectivity index (χ4n) is 9.07. The Labute approximate surface area is 308 Å². The lowest BCUT2D eigenvalue weighted by atomic mass is 9.82. The van der Waals surface area contributed by atoms with Crippen LogP contribution < -0.4 is 4.90 Å². The summed E-state index contributed by atoms with van der Waals surface area (Å²) in [5.41, 5.74) is 12.7. The van der Waals surface area contributed by atoms with E-state index in [-0.39, 0.29) is 5.41 Å².